The zero-order valence-electron chi connectivity index (χ0n) is 14.3. The Morgan fingerprint density at radius 3 is 2.50 bits per heavy atom. The molecule has 0 fully saturated rings. The van der Waals surface area contributed by atoms with Crippen LogP contribution in [-0.4, -0.2) is 18.5 Å². The zero-order chi connectivity index (χ0) is 17.5. The second-order valence-corrected chi connectivity index (χ2v) is 5.42. The van der Waals surface area contributed by atoms with Crippen LogP contribution in [0.3, 0.4) is 0 Å². The lowest BCUT2D eigenvalue weighted by Gasteiger charge is -2.11. The highest BCUT2D eigenvalue weighted by molar-refractivity contribution is 6.00. The molecule has 0 saturated heterocycles. The van der Waals surface area contributed by atoms with E-state index in [4.69, 9.17) is 9.68 Å². The van der Waals surface area contributed by atoms with E-state index in [0.717, 1.165) is 22.4 Å². The van der Waals surface area contributed by atoms with Gasteiger partial charge in [-0.1, -0.05) is 40.6 Å². The number of oxime groups is 2. The molecular formula is C19H21FN2O2. The molecule has 5 heteroatoms. The normalized spacial score (nSPS) is 12.2. The van der Waals surface area contributed by atoms with Crippen molar-refractivity contribution in [2.45, 2.75) is 27.4 Å². The van der Waals surface area contributed by atoms with Crippen LogP contribution in [0, 0.1) is 12.7 Å². The lowest BCUT2D eigenvalue weighted by atomic mass is 10.00. The Morgan fingerprint density at radius 2 is 1.79 bits per heavy atom. The monoisotopic (exact) mass is 328 g/mol. The van der Waals surface area contributed by atoms with Crippen molar-refractivity contribution >= 4 is 11.4 Å². The molecule has 0 aliphatic carbocycles. The molecule has 0 aliphatic rings. The van der Waals surface area contributed by atoms with E-state index in [1.807, 2.05) is 32.0 Å². The van der Waals surface area contributed by atoms with Crippen molar-refractivity contribution in [3.63, 3.8) is 0 Å². The summed E-state index contributed by atoms with van der Waals surface area (Å²) in [5.74, 6) is -0.297. The third-order valence-electron chi connectivity index (χ3n) is 3.68. The number of hydrogen-bond donors (Lipinski definition) is 0. The van der Waals surface area contributed by atoms with Crippen molar-refractivity contribution in [1.82, 2.24) is 0 Å². The van der Waals surface area contributed by atoms with Gasteiger partial charge in [0.05, 0.1) is 11.4 Å². The summed E-state index contributed by atoms with van der Waals surface area (Å²) in [5, 5.41) is 8.08. The zero-order valence-corrected chi connectivity index (χ0v) is 14.3. The summed E-state index contributed by atoms with van der Waals surface area (Å²) in [5.41, 5.74) is 5.11. The molecule has 2 rings (SSSR count). The fourth-order valence-electron chi connectivity index (χ4n) is 2.38. The Labute approximate surface area is 141 Å². The maximum absolute atomic E-state index is 13.3. The minimum absolute atomic E-state index is 0.297. The summed E-state index contributed by atoms with van der Waals surface area (Å²) < 4.78 is 13.3. The van der Waals surface area contributed by atoms with E-state index in [0.29, 0.717) is 17.9 Å². The van der Waals surface area contributed by atoms with Crippen LogP contribution in [0.15, 0.2) is 52.8 Å². The van der Waals surface area contributed by atoms with Gasteiger partial charge in [0.15, 0.2) is 0 Å². The maximum Gasteiger partial charge on any atom is 0.143 e. The van der Waals surface area contributed by atoms with Crippen LogP contribution in [0.25, 0.3) is 0 Å². The molecule has 0 radical (unpaired) electrons. The topological polar surface area (TPSA) is 43.2 Å². The first-order chi connectivity index (χ1) is 11.5. The van der Waals surface area contributed by atoms with Crippen molar-refractivity contribution in [3.8, 4) is 0 Å². The minimum atomic E-state index is -0.297. The molecule has 0 unspecified atom stereocenters. The van der Waals surface area contributed by atoms with Gasteiger partial charge in [0, 0.05) is 16.7 Å². The largest absolute Gasteiger partial charge is 0.399 e. The van der Waals surface area contributed by atoms with Crippen molar-refractivity contribution in [2.24, 2.45) is 10.3 Å². The first-order valence-electron chi connectivity index (χ1n) is 7.62. The third kappa shape index (κ3) is 4.41. The number of nitrogens with zero attached hydrogens (tertiary/aromatic N) is 2. The molecule has 2 aromatic carbocycles. The van der Waals surface area contributed by atoms with Gasteiger partial charge in [-0.05, 0) is 38.5 Å². The highest BCUT2D eigenvalue weighted by atomic mass is 19.1. The van der Waals surface area contributed by atoms with Gasteiger partial charge in [-0.15, -0.1) is 0 Å². The van der Waals surface area contributed by atoms with Gasteiger partial charge in [0.25, 0.3) is 0 Å². The molecule has 0 heterocycles. The molecule has 24 heavy (non-hydrogen) atoms. The van der Waals surface area contributed by atoms with Crippen LogP contribution in [0.1, 0.15) is 36.1 Å². The van der Waals surface area contributed by atoms with Crippen molar-refractivity contribution < 1.29 is 14.1 Å². The van der Waals surface area contributed by atoms with Gasteiger partial charge >= 0.3 is 0 Å². The molecule has 0 amide bonds. The molecule has 4 nitrogen and oxygen atoms in total. The quantitative estimate of drug-likeness (QED) is 0.581. The first kappa shape index (κ1) is 17.7. The number of hydrogen-bond acceptors (Lipinski definition) is 4. The molecule has 0 aliphatic heterocycles. The van der Waals surface area contributed by atoms with Crippen LogP contribution in [0.5, 0.6) is 0 Å². The molecule has 0 N–H and O–H groups in total. The molecule has 0 atom stereocenters. The summed E-state index contributed by atoms with van der Waals surface area (Å²) in [7, 11) is 1.52. The second-order valence-electron chi connectivity index (χ2n) is 5.42. The van der Waals surface area contributed by atoms with Gasteiger partial charge in [0.2, 0.25) is 0 Å². The Balaban J connectivity index is 2.17. The SMILES string of the molecule is CO/N=C(/C)c1cccc(C)c1CO/N=C(\C)c1cccc(F)c1. The van der Waals surface area contributed by atoms with Gasteiger partial charge in [-0.3, -0.25) is 0 Å². The Kier molecular flexibility index (Phi) is 6.07. The molecule has 2 aromatic rings. The van der Waals surface area contributed by atoms with E-state index in [1.54, 1.807) is 19.1 Å². The Hall–Kier alpha value is -2.69. The Bertz CT molecular complexity index is 770. The van der Waals surface area contributed by atoms with Crippen LogP contribution in [0.2, 0.25) is 0 Å². The summed E-state index contributed by atoms with van der Waals surface area (Å²) in [6, 6.07) is 12.2. The van der Waals surface area contributed by atoms with E-state index >= 15 is 0 Å². The average Bonchev–Trinajstić information content (AvgIpc) is 2.56. The van der Waals surface area contributed by atoms with E-state index in [2.05, 4.69) is 10.3 Å². The van der Waals surface area contributed by atoms with E-state index in [-0.39, 0.29) is 5.82 Å². The van der Waals surface area contributed by atoms with E-state index in [9.17, 15) is 4.39 Å². The molecule has 0 aromatic heterocycles. The fourth-order valence-corrected chi connectivity index (χ4v) is 2.38. The average molecular weight is 328 g/mol. The van der Waals surface area contributed by atoms with Crippen LogP contribution in [0.4, 0.5) is 4.39 Å². The lowest BCUT2D eigenvalue weighted by Crippen LogP contribution is -2.05. The summed E-state index contributed by atoms with van der Waals surface area (Å²) in [6.45, 7) is 5.96. The number of aryl methyl sites for hydroxylation is 1. The highest BCUT2D eigenvalue weighted by Crippen LogP contribution is 2.17. The lowest BCUT2D eigenvalue weighted by molar-refractivity contribution is 0.130. The molecule has 0 saturated carbocycles. The predicted molar refractivity (Wildman–Crippen MR) is 93.8 cm³/mol. The standard InChI is InChI=1S/C19H21FN2O2/c1-13-7-5-10-18(15(3)21-23-4)19(13)12-24-22-14(2)16-8-6-9-17(20)11-16/h5-11H,12H2,1-4H3/b21-15-,22-14+. The van der Waals surface area contributed by atoms with Crippen molar-refractivity contribution in [2.75, 3.05) is 7.11 Å². The van der Waals surface area contributed by atoms with Crippen LogP contribution in [-0.2, 0) is 16.3 Å². The van der Waals surface area contributed by atoms with E-state index in [1.165, 1.54) is 19.2 Å². The smallest absolute Gasteiger partial charge is 0.143 e. The van der Waals surface area contributed by atoms with Crippen LogP contribution >= 0.6 is 0 Å². The molecule has 0 spiro atoms. The first-order valence-corrected chi connectivity index (χ1v) is 7.62. The van der Waals surface area contributed by atoms with Gasteiger partial charge in [0.1, 0.15) is 19.5 Å². The maximum atomic E-state index is 13.3. The molecular weight excluding hydrogens is 307 g/mol. The van der Waals surface area contributed by atoms with Crippen molar-refractivity contribution in [3.05, 3.63) is 70.5 Å². The number of halogens is 1. The second kappa shape index (κ2) is 8.24. The summed E-state index contributed by atoms with van der Waals surface area (Å²) in [6.07, 6.45) is 0. The number of rotatable bonds is 6. The third-order valence-corrected chi connectivity index (χ3v) is 3.68. The van der Waals surface area contributed by atoms with Gasteiger partial charge < -0.3 is 9.68 Å². The van der Waals surface area contributed by atoms with Crippen molar-refractivity contribution in [1.29, 1.82) is 0 Å². The Morgan fingerprint density at radius 1 is 1.04 bits per heavy atom. The van der Waals surface area contributed by atoms with E-state index < -0.39 is 0 Å². The molecule has 126 valence electrons. The predicted octanol–water partition coefficient (Wildman–Crippen LogP) is 4.45. The minimum Gasteiger partial charge on any atom is -0.399 e. The summed E-state index contributed by atoms with van der Waals surface area (Å²) >= 11 is 0. The highest BCUT2D eigenvalue weighted by Gasteiger charge is 2.10. The van der Waals surface area contributed by atoms with Gasteiger partial charge in [-0.2, -0.15) is 0 Å². The van der Waals surface area contributed by atoms with Crippen LogP contribution < -0.4 is 0 Å². The summed E-state index contributed by atoms with van der Waals surface area (Å²) in [4.78, 5) is 10.3. The van der Waals surface area contributed by atoms with Gasteiger partial charge in [-0.25, -0.2) is 4.39 Å². The number of benzene rings is 2. The fraction of sp³-hybridized carbons (Fsp3) is 0.263. The molecule has 0 bridgehead atoms.